The van der Waals surface area contributed by atoms with E-state index in [1.54, 1.807) is 0 Å². The van der Waals surface area contributed by atoms with E-state index in [0.29, 0.717) is 19.8 Å². The lowest BCUT2D eigenvalue weighted by atomic mass is 9.82. The van der Waals surface area contributed by atoms with Crippen molar-refractivity contribution >= 4 is 24.0 Å². The molecule has 1 aromatic carbocycles. The minimum Gasteiger partial charge on any atom is -0.379 e. The highest BCUT2D eigenvalue weighted by atomic mass is 35.5. The molecule has 1 amide bonds. The second-order valence-corrected chi connectivity index (χ2v) is 6.89. The number of anilines is 1. The van der Waals surface area contributed by atoms with Crippen LogP contribution < -0.4 is 11.1 Å². The van der Waals surface area contributed by atoms with Crippen molar-refractivity contribution in [3.63, 3.8) is 0 Å². The number of carbonyl (C=O) groups excluding carboxylic acids is 1. The first-order chi connectivity index (χ1) is 12.1. The van der Waals surface area contributed by atoms with E-state index in [4.69, 9.17) is 15.2 Å². The van der Waals surface area contributed by atoms with E-state index < -0.39 is 5.54 Å². The van der Waals surface area contributed by atoms with Gasteiger partial charge in [0.2, 0.25) is 5.91 Å². The first kappa shape index (κ1) is 22.9. The largest absolute Gasteiger partial charge is 0.379 e. The predicted molar refractivity (Wildman–Crippen MR) is 108 cm³/mol. The van der Waals surface area contributed by atoms with Crippen LogP contribution >= 0.6 is 12.4 Å². The molecule has 0 radical (unpaired) electrons. The Bertz CT molecular complexity index is 534. The van der Waals surface area contributed by atoms with Gasteiger partial charge in [0.25, 0.3) is 0 Å². The lowest BCUT2D eigenvalue weighted by Gasteiger charge is -2.31. The molecule has 1 saturated carbocycles. The summed E-state index contributed by atoms with van der Waals surface area (Å²) in [5.41, 5.74) is 7.37. The van der Waals surface area contributed by atoms with Crippen LogP contribution in [0.25, 0.3) is 0 Å². The van der Waals surface area contributed by atoms with Gasteiger partial charge in [-0.2, -0.15) is 0 Å². The lowest BCUT2D eigenvalue weighted by Crippen LogP contribution is -2.52. The zero-order valence-electron chi connectivity index (χ0n) is 15.8. The van der Waals surface area contributed by atoms with E-state index in [1.165, 1.54) is 6.42 Å². The van der Waals surface area contributed by atoms with Gasteiger partial charge in [-0.15, -0.1) is 12.4 Å². The highest BCUT2D eigenvalue weighted by Crippen LogP contribution is 2.27. The van der Waals surface area contributed by atoms with Gasteiger partial charge in [0.1, 0.15) is 0 Å². The molecule has 0 spiro atoms. The standard InChI is InChI=1S/C20H32N2O3.ClH/c1-2-3-12-24-13-14-25-16-17-8-7-9-18(15-17)22-19(23)20(21)10-5-4-6-11-20;/h7-9,15H,2-6,10-14,16,21H2,1H3,(H,22,23);1H. The van der Waals surface area contributed by atoms with Crippen LogP contribution in [0.3, 0.4) is 0 Å². The van der Waals surface area contributed by atoms with Crippen molar-refractivity contribution < 1.29 is 14.3 Å². The molecule has 0 heterocycles. The summed E-state index contributed by atoms with van der Waals surface area (Å²) in [6.07, 6.45) is 6.98. The minimum atomic E-state index is -0.722. The summed E-state index contributed by atoms with van der Waals surface area (Å²) in [5, 5.41) is 2.97. The normalized spacial score (nSPS) is 15.9. The molecule has 3 N–H and O–H groups in total. The maximum atomic E-state index is 12.5. The zero-order chi connectivity index (χ0) is 18.0. The maximum absolute atomic E-state index is 12.5. The molecule has 2 rings (SSSR count). The molecule has 148 valence electrons. The molecular weight excluding hydrogens is 352 g/mol. The second kappa shape index (κ2) is 12.3. The lowest BCUT2D eigenvalue weighted by molar-refractivity contribution is -0.122. The van der Waals surface area contributed by atoms with E-state index >= 15 is 0 Å². The van der Waals surface area contributed by atoms with Crippen LogP contribution in [0.4, 0.5) is 5.69 Å². The number of halogens is 1. The smallest absolute Gasteiger partial charge is 0.244 e. The fourth-order valence-corrected chi connectivity index (χ4v) is 3.06. The summed E-state index contributed by atoms with van der Waals surface area (Å²) < 4.78 is 11.1. The molecule has 1 fully saturated rings. The molecule has 0 saturated heterocycles. The Hall–Kier alpha value is -1.14. The van der Waals surface area contributed by atoms with Gasteiger partial charge in [0.05, 0.1) is 25.4 Å². The van der Waals surface area contributed by atoms with Crippen LogP contribution in [-0.4, -0.2) is 31.3 Å². The van der Waals surface area contributed by atoms with Crippen LogP contribution in [0.15, 0.2) is 24.3 Å². The first-order valence-electron chi connectivity index (χ1n) is 9.49. The van der Waals surface area contributed by atoms with E-state index in [2.05, 4.69) is 12.2 Å². The molecule has 0 bridgehead atoms. The number of nitrogens with two attached hydrogens (primary N) is 1. The highest BCUT2D eigenvalue weighted by molar-refractivity contribution is 5.98. The van der Waals surface area contributed by atoms with Gasteiger partial charge >= 0.3 is 0 Å². The van der Waals surface area contributed by atoms with Crippen molar-refractivity contribution in [1.29, 1.82) is 0 Å². The summed E-state index contributed by atoms with van der Waals surface area (Å²) in [7, 11) is 0. The van der Waals surface area contributed by atoms with Gasteiger partial charge in [-0.3, -0.25) is 4.79 Å². The Morgan fingerprint density at radius 3 is 2.62 bits per heavy atom. The summed E-state index contributed by atoms with van der Waals surface area (Å²) >= 11 is 0. The van der Waals surface area contributed by atoms with E-state index in [9.17, 15) is 4.79 Å². The molecule has 0 unspecified atom stereocenters. The number of amides is 1. The third kappa shape index (κ3) is 7.62. The van der Waals surface area contributed by atoms with Gasteiger partial charge in [-0.25, -0.2) is 0 Å². The third-order valence-electron chi connectivity index (χ3n) is 4.67. The molecule has 0 atom stereocenters. The Kier molecular flexibility index (Phi) is 10.8. The molecule has 5 nitrogen and oxygen atoms in total. The van der Waals surface area contributed by atoms with Gasteiger partial charge in [-0.05, 0) is 37.0 Å². The number of hydrogen-bond donors (Lipinski definition) is 2. The molecule has 1 aromatic rings. The van der Waals surface area contributed by atoms with Crippen molar-refractivity contribution in [3.05, 3.63) is 29.8 Å². The monoisotopic (exact) mass is 384 g/mol. The predicted octanol–water partition coefficient (Wildman–Crippen LogP) is 4.04. The van der Waals surface area contributed by atoms with E-state index in [-0.39, 0.29) is 18.3 Å². The Morgan fingerprint density at radius 1 is 1.15 bits per heavy atom. The molecule has 0 aliphatic heterocycles. The van der Waals surface area contributed by atoms with Gasteiger partial charge in [-0.1, -0.05) is 44.7 Å². The van der Waals surface area contributed by atoms with Crippen molar-refractivity contribution in [2.75, 3.05) is 25.1 Å². The average Bonchev–Trinajstić information content (AvgIpc) is 2.62. The summed E-state index contributed by atoms with van der Waals surface area (Å²) in [4.78, 5) is 12.5. The average molecular weight is 385 g/mol. The molecular formula is C20H33ClN2O3. The number of benzene rings is 1. The van der Waals surface area contributed by atoms with Crippen LogP contribution in [0.2, 0.25) is 0 Å². The highest BCUT2D eigenvalue weighted by Gasteiger charge is 2.35. The van der Waals surface area contributed by atoms with Crippen molar-refractivity contribution in [1.82, 2.24) is 0 Å². The quantitative estimate of drug-likeness (QED) is 0.597. The summed E-state index contributed by atoms with van der Waals surface area (Å²) in [6, 6.07) is 7.76. The maximum Gasteiger partial charge on any atom is 0.244 e. The Balaban J connectivity index is 0.00000338. The zero-order valence-corrected chi connectivity index (χ0v) is 16.6. The fraction of sp³-hybridized carbons (Fsp3) is 0.650. The van der Waals surface area contributed by atoms with Gasteiger partial charge < -0.3 is 20.5 Å². The SMILES string of the molecule is CCCCOCCOCc1cccc(NC(=O)C2(N)CCCCC2)c1.Cl. The number of rotatable bonds is 10. The number of unbranched alkanes of at least 4 members (excludes halogenated alkanes) is 1. The fourth-order valence-electron chi connectivity index (χ4n) is 3.06. The Labute approximate surface area is 163 Å². The third-order valence-corrected chi connectivity index (χ3v) is 4.67. The van der Waals surface area contributed by atoms with Gasteiger partial charge in [0, 0.05) is 12.3 Å². The molecule has 1 aliphatic rings. The topological polar surface area (TPSA) is 73.6 Å². The van der Waals surface area contributed by atoms with Crippen LogP contribution in [0.1, 0.15) is 57.4 Å². The number of ether oxygens (including phenoxy) is 2. The van der Waals surface area contributed by atoms with Crippen LogP contribution in [0, 0.1) is 0 Å². The van der Waals surface area contributed by atoms with Crippen molar-refractivity contribution in [2.45, 2.75) is 64.0 Å². The molecule has 6 heteroatoms. The summed E-state index contributed by atoms with van der Waals surface area (Å²) in [6.45, 7) is 4.64. The molecule has 0 aromatic heterocycles. The molecule has 26 heavy (non-hydrogen) atoms. The van der Waals surface area contributed by atoms with Crippen molar-refractivity contribution in [3.8, 4) is 0 Å². The number of hydrogen-bond acceptors (Lipinski definition) is 4. The Morgan fingerprint density at radius 2 is 1.88 bits per heavy atom. The van der Waals surface area contributed by atoms with E-state index in [1.807, 2.05) is 24.3 Å². The van der Waals surface area contributed by atoms with Crippen LogP contribution in [-0.2, 0) is 20.9 Å². The number of nitrogens with one attached hydrogen (secondary N) is 1. The first-order valence-corrected chi connectivity index (χ1v) is 9.49. The van der Waals surface area contributed by atoms with Crippen LogP contribution in [0.5, 0.6) is 0 Å². The van der Waals surface area contributed by atoms with Crippen molar-refractivity contribution in [2.24, 2.45) is 5.73 Å². The minimum absolute atomic E-state index is 0. The summed E-state index contributed by atoms with van der Waals surface area (Å²) in [5.74, 6) is -0.0745. The van der Waals surface area contributed by atoms with Gasteiger partial charge in [0.15, 0.2) is 0 Å². The molecule has 1 aliphatic carbocycles. The van der Waals surface area contributed by atoms with E-state index in [0.717, 1.165) is 56.4 Å². The second-order valence-electron chi connectivity index (χ2n) is 6.89. The number of carbonyl (C=O) groups is 1.